The summed E-state index contributed by atoms with van der Waals surface area (Å²) in [5.41, 5.74) is 1.33. The summed E-state index contributed by atoms with van der Waals surface area (Å²) in [5.74, 6) is 0.560. The standard InChI is InChI=1S/C21H27IN2O2/c1-15(2)24(16(3)4)12-13-26-20-11-6-5-10-19(20)23-21(25)17-8-7-9-18(22)14-17/h5-11,14-16H,12-13H2,1-4H3,(H,23,25). The molecule has 0 bridgehead atoms. The summed E-state index contributed by atoms with van der Waals surface area (Å²) in [4.78, 5) is 14.9. The van der Waals surface area contributed by atoms with Gasteiger partial charge in [0.15, 0.2) is 0 Å². The molecule has 0 unspecified atom stereocenters. The third-order valence-corrected chi connectivity index (χ3v) is 4.83. The number of anilines is 1. The highest BCUT2D eigenvalue weighted by Crippen LogP contribution is 2.24. The van der Waals surface area contributed by atoms with Gasteiger partial charge in [0.25, 0.3) is 5.91 Å². The molecular weight excluding hydrogens is 439 g/mol. The molecule has 2 rings (SSSR count). The van der Waals surface area contributed by atoms with Crippen LogP contribution in [0, 0.1) is 3.57 Å². The second kappa shape index (κ2) is 9.92. The minimum Gasteiger partial charge on any atom is -0.490 e. The lowest BCUT2D eigenvalue weighted by Crippen LogP contribution is -2.39. The lowest BCUT2D eigenvalue weighted by Gasteiger charge is -2.30. The van der Waals surface area contributed by atoms with Crippen LogP contribution in [0.2, 0.25) is 0 Å². The first-order valence-electron chi connectivity index (χ1n) is 8.93. The number of benzene rings is 2. The highest BCUT2D eigenvalue weighted by atomic mass is 127. The van der Waals surface area contributed by atoms with E-state index in [4.69, 9.17) is 4.74 Å². The molecule has 140 valence electrons. The van der Waals surface area contributed by atoms with Gasteiger partial charge in [-0.05, 0) is 80.6 Å². The molecular formula is C21H27IN2O2. The van der Waals surface area contributed by atoms with Gasteiger partial charge in [0, 0.05) is 27.8 Å². The molecule has 5 heteroatoms. The van der Waals surface area contributed by atoms with Crippen LogP contribution < -0.4 is 10.1 Å². The predicted octanol–water partition coefficient (Wildman–Crippen LogP) is 5.04. The normalized spacial score (nSPS) is 11.2. The minimum atomic E-state index is -0.134. The van der Waals surface area contributed by atoms with Gasteiger partial charge in [-0.3, -0.25) is 9.69 Å². The van der Waals surface area contributed by atoms with Crippen molar-refractivity contribution in [2.75, 3.05) is 18.5 Å². The van der Waals surface area contributed by atoms with Gasteiger partial charge < -0.3 is 10.1 Å². The van der Waals surface area contributed by atoms with Crippen LogP contribution in [0.3, 0.4) is 0 Å². The van der Waals surface area contributed by atoms with E-state index in [2.05, 4.69) is 60.5 Å². The fraction of sp³-hybridized carbons (Fsp3) is 0.381. The smallest absolute Gasteiger partial charge is 0.255 e. The molecule has 2 aromatic rings. The Morgan fingerprint density at radius 3 is 2.42 bits per heavy atom. The number of nitrogens with one attached hydrogen (secondary N) is 1. The molecule has 0 fully saturated rings. The van der Waals surface area contributed by atoms with Gasteiger partial charge in [-0.25, -0.2) is 0 Å². The Kier molecular flexibility index (Phi) is 7.90. The molecule has 2 aromatic carbocycles. The first kappa shape index (κ1) is 20.7. The van der Waals surface area contributed by atoms with Crippen molar-refractivity contribution in [1.82, 2.24) is 4.90 Å². The molecule has 0 aromatic heterocycles. The number of amides is 1. The first-order chi connectivity index (χ1) is 12.4. The summed E-state index contributed by atoms with van der Waals surface area (Å²) in [6, 6.07) is 16.0. The van der Waals surface area contributed by atoms with E-state index in [9.17, 15) is 4.79 Å². The number of carbonyl (C=O) groups excluding carboxylic acids is 1. The molecule has 4 nitrogen and oxygen atoms in total. The zero-order valence-corrected chi connectivity index (χ0v) is 18.0. The molecule has 0 atom stereocenters. The SMILES string of the molecule is CC(C)N(CCOc1ccccc1NC(=O)c1cccc(I)c1)C(C)C. The lowest BCUT2D eigenvalue weighted by molar-refractivity contribution is 0.102. The Morgan fingerprint density at radius 2 is 1.77 bits per heavy atom. The number of nitrogens with zero attached hydrogens (tertiary/aromatic N) is 1. The lowest BCUT2D eigenvalue weighted by atomic mass is 10.2. The van der Waals surface area contributed by atoms with Gasteiger partial charge >= 0.3 is 0 Å². The Morgan fingerprint density at radius 1 is 1.08 bits per heavy atom. The van der Waals surface area contributed by atoms with E-state index in [0.717, 1.165) is 10.1 Å². The molecule has 0 aliphatic heterocycles. The van der Waals surface area contributed by atoms with Gasteiger partial charge in [0.2, 0.25) is 0 Å². The second-order valence-corrected chi connectivity index (χ2v) is 7.98. The number of halogens is 1. The number of carbonyl (C=O) groups is 1. The molecule has 0 saturated heterocycles. The Labute approximate surface area is 170 Å². The van der Waals surface area contributed by atoms with E-state index in [1.54, 1.807) is 0 Å². The fourth-order valence-corrected chi connectivity index (χ4v) is 3.44. The van der Waals surface area contributed by atoms with Crippen molar-refractivity contribution in [3.63, 3.8) is 0 Å². The van der Waals surface area contributed by atoms with E-state index in [1.165, 1.54) is 0 Å². The van der Waals surface area contributed by atoms with Crippen LogP contribution in [-0.4, -0.2) is 36.0 Å². The summed E-state index contributed by atoms with van der Waals surface area (Å²) >= 11 is 2.20. The van der Waals surface area contributed by atoms with Gasteiger partial charge in [-0.15, -0.1) is 0 Å². The van der Waals surface area contributed by atoms with Crippen molar-refractivity contribution in [1.29, 1.82) is 0 Å². The van der Waals surface area contributed by atoms with Crippen molar-refractivity contribution in [3.8, 4) is 5.75 Å². The number of hydrogen-bond donors (Lipinski definition) is 1. The summed E-state index contributed by atoms with van der Waals surface area (Å²) < 4.78 is 7.00. The highest BCUT2D eigenvalue weighted by Gasteiger charge is 2.14. The summed E-state index contributed by atoms with van der Waals surface area (Å²) in [7, 11) is 0. The zero-order chi connectivity index (χ0) is 19.1. The van der Waals surface area contributed by atoms with E-state index < -0.39 is 0 Å². The van der Waals surface area contributed by atoms with E-state index in [-0.39, 0.29) is 5.91 Å². The van der Waals surface area contributed by atoms with Crippen molar-refractivity contribution >= 4 is 34.2 Å². The van der Waals surface area contributed by atoms with Crippen molar-refractivity contribution in [2.45, 2.75) is 39.8 Å². The molecule has 0 heterocycles. The van der Waals surface area contributed by atoms with Gasteiger partial charge in [0.05, 0.1) is 5.69 Å². The average molecular weight is 466 g/mol. The third kappa shape index (κ3) is 5.99. The minimum absolute atomic E-state index is 0.134. The molecule has 1 N–H and O–H groups in total. The highest BCUT2D eigenvalue weighted by molar-refractivity contribution is 14.1. The van der Waals surface area contributed by atoms with E-state index >= 15 is 0 Å². The van der Waals surface area contributed by atoms with Crippen molar-refractivity contribution in [3.05, 3.63) is 57.7 Å². The summed E-state index contributed by atoms with van der Waals surface area (Å²) in [6.45, 7) is 10.2. The van der Waals surface area contributed by atoms with Crippen LogP contribution in [-0.2, 0) is 0 Å². The van der Waals surface area contributed by atoms with Crippen LogP contribution in [0.1, 0.15) is 38.1 Å². The molecule has 0 radical (unpaired) electrons. The number of para-hydroxylation sites is 2. The van der Waals surface area contributed by atoms with Gasteiger partial charge in [0.1, 0.15) is 12.4 Å². The van der Waals surface area contributed by atoms with Crippen LogP contribution in [0.25, 0.3) is 0 Å². The summed E-state index contributed by atoms with van der Waals surface area (Å²) in [6.07, 6.45) is 0. The molecule has 0 spiro atoms. The molecule has 1 amide bonds. The molecule has 26 heavy (non-hydrogen) atoms. The zero-order valence-electron chi connectivity index (χ0n) is 15.8. The first-order valence-corrected chi connectivity index (χ1v) is 10.0. The molecule has 0 aliphatic carbocycles. The van der Waals surface area contributed by atoms with E-state index in [1.807, 2.05) is 48.5 Å². The largest absolute Gasteiger partial charge is 0.490 e. The van der Waals surface area contributed by atoms with Crippen LogP contribution in [0.15, 0.2) is 48.5 Å². The number of hydrogen-bond acceptors (Lipinski definition) is 3. The Bertz CT molecular complexity index is 723. The molecule has 0 saturated carbocycles. The second-order valence-electron chi connectivity index (χ2n) is 6.73. The monoisotopic (exact) mass is 466 g/mol. The topological polar surface area (TPSA) is 41.6 Å². The average Bonchev–Trinajstić information content (AvgIpc) is 2.59. The van der Waals surface area contributed by atoms with E-state index in [0.29, 0.717) is 35.7 Å². The van der Waals surface area contributed by atoms with Crippen LogP contribution in [0.4, 0.5) is 5.69 Å². The van der Waals surface area contributed by atoms with Crippen molar-refractivity contribution < 1.29 is 9.53 Å². The number of ether oxygens (including phenoxy) is 1. The third-order valence-electron chi connectivity index (χ3n) is 4.16. The Hall–Kier alpha value is -1.60. The Balaban J connectivity index is 2.02. The van der Waals surface area contributed by atoms with Crippen LogP contribution >= 0.6 is 22.6 Å². The quantitative estimate of drug-likeness (QED) is 0.555. The predicted molar refractivity (Wildman–Crippen MR) is 116 cm³/mol. The van der Waals surface area contributed by atoms with Crippen molar-refractivity contribution in [2.24, 2.45) is 0 Å². The summed E-state index contributed by atoms with van der Waals surface area (Å²) in [5, 5.41) is 2.96. The van der Waals surface area contributed by atoms with Gasteiger partial charge in [-0.1, -0.05) is 18.2 Å². The maximum atomic E-state index is 12.5. The van der Waals surface area contributed by atoms with Gasteiger partial charge in [-0.2, -0.15) is 0 Å². The maximum absolute atomic E-state index is 12.5. The number of rotatable bonds is 8. The van der Waals surface area contributed by atoms with Crippen LogP contribution in [0.5, 0.6) is 5.75 Å². The maximum Gasteiger partial charge on any atom is 0.255 e. The fourth-order valence-electron chi connectivity index (χ4n) is 2.89. The molecule has 0 aliphatic rings.